The summed E-state index contributed by atoms with van der Waals surface area (Å²) in [6, 6.07) is 4.32. The summed E-state index contributed by atoms with van der Waals surface area (Å²) in [6.45, 7) is 1.98. The normalized spacial score (nSPS) is 21.1. The van der Waals surface area contributed by atoms with E-state index >= 15 is 0 Å². The Kier molecular flexibility index (Phi) is 4.21. The van der Waals surface area contributed by atoms with Crippen LogP contribution in [0.15, 0.2) is 23.6 Å². The smallest absolute Gasteiger partial charge is 0.229 e. The SMILES string of the molecule is COc1ccc(F)cc1-c1csc(NC(=O)C2CC23CCNCC3)n1. The molecule has 1 aliphatic carbocycles. The first-order chi connectivity index (χ1) is 12.1. The molecular weight excluding hydrogens is 341 g/mol. The van der Waals surface area contributed by atoms with Crippen LogP contribution in [0.1, 0.15) is 19.3 Å². The molecule has 1 unspecified atom stereocenters. The van der Waals surface area contributed by atoms with Crippen LogP contribution in [-0.2, 0) is 4.79 Å². The minimum atomic E-state index is -0.347. The molecule has 1 aromatic heterocycles. The third kappa shape index (κ3) is 3.14. The van der Waals surface area contributed by atoms with E-state index in [0.717, 1.165) is 32.4 Å². The number of ether oxygens (including phenoxy) is 1. The first kappa shape index (κ1) is 16.5. The van der Waals surface area contributed by atoms with Crippen LogP contribution in [-0.4, -0.2) is 31.1 Å². The molecule has 4 rings (SSSR count). The molecule has 1 spiro atoms. The molecule has 1 saturated heterocycles. The lowest BCUT2D eigenvalue weighted by atomic mass is 9.92. The molecule has 1 amide bonds. The van der Waals surface area contributed by atoms with E-state index in [1.165, 1.54) is 30.6 Å². The van der Waals surface area contributed by atoms with Gasteiger partial charge in [-0.05, 0) is 56.0 Å². The van der Waals surface area contributed by atoms with Crippen molar-refractivity contribution in [1.29, 1.82) is 0 Å². The molecule has 0 bridgehead atoms. The average Bonchev–Trinajstić information content (AvgIpc) is 3.11. The van der Waals surface area contributed by atoms with Gasteiger partial charge in [0.25, 0.3) is 0 Å². The average molecular weight is 361 g/mol. The summed E-state index contributed by atoms with van der Waals surface area (Å²) in [7, 11) is 1.54. The van der Waals surface area contributed by atoms with Crippen molar-refractivity contribution in [1.82, 2.24) is 10.3 Å². The Morgan fingerprint density at radius 3 is 3.00 bits per heavy atom. The van der Waals surface area contributed by atoms with Crippen LogP contribution >= 0.6 is 11.3 Å². The highest BCUT2D eigenvalue weighted by Crippen LogP contribution is 2.58. The highest BCUT2D eigenvalue weighted by Gasteiger charge is 2.57. The number of nitrogens with zero attached hydrogens (tertiary/aromatic N) is 1. The molecule has 5 nitrogen and oxygen atoms in total. The fraction of sp³-hybridized carbons (Fsp3) is 0.444. The second-order valence-corrected chi connectivity index (χ2v) is 7.60. The van der Waals surface area contributed by atoms with Gasteiger partial charge in [0, 0.05) is 16.9 Å². The summed E-state index contributed by atoms with van der Waals surface area (Å²) in [5.74, 6) is 0.348. The summed E-state index contributed by atoms with van der Waals surface area (Å²) in [5.41, 5.74) is 1.38. The molecule has 2 N–H and O–H groups in total. The second kappa shape index (κ2) is 6.38. The van der Waals surface area contributed by atoms with Gasteiger partial charge in [-0.15, -0.1) is 11.3 Å². The molecule has 2 aliphatic rings. The lowest BCUT2D eigenvalue weighted by Gasteiger charge is -2.22. The second-order valence-electron chi connectivity index (χ2n) is 6.74. The molecule has 25 heavy (non-hydrogen) atoms. The van der Waals surface area contributed by atoms with Gasteiger partial charge in [-0.3, -0.25) is 4.79 Å². The van der Waals surface area contributed by atoms with Crippen molar-refractivity contribution in [2.75, 3.05) is 25.5 Å². The summed E-state index contributed by atoms with van der Waals surface area (Å²) < 4.78 is 18.8. The van der Waals surface area contributed by atoms with Crippen molar-refractivity contribution >= 4 is 22.4 Å². The number of benzene rings is 1. The van der Waals surface area contributed by atoms with E-state index in [-0.39, 0.29) is 23.1 Å². The maximum atomic E-state index is 13.5. The minimum Gasteiger partial charge on any atom is -0.496 e. The Labute approximate surface area is 149 Å². The Morgan fingerprint density at radius 2 is 2.24 bits per heavy atom. The number of piperidine rings is 1. The molecule has 1 aromatic carbocycles. The molecule has 7 heteroatoms. The Hall–Kier alpha value is -1.99. The van der Waals surface area contributed by atoms with Gasteiger partial charge in [-0.2, -0.15) is 0 Å². The van der Waals surface area contributed by atoms with Gasteiger partial charge in [-0.1, -0.05) is 0 Å². The lowest BCUT2D eigenvalue weighted by molar-refractivity contribution is -0.118. The van der Waals surface area contributed by atoms with Crippen molar-refractivity contribution in [2.45, 2.75) is 19.3 Å². The first-order valence-electron chi connectivity index (χ1n) is 8.42. The standard InChI is InChI=1S/C18H20FN3O2S/c1-24-15-3-2-11(19)8-12(15)14-10-25-17(21-14)22-16(23)13-9-18(13)4-6-20-7-5-18/h2-3,8,10,13,20H,4-7,9H2,1H3,(H,21,22,23). The van der Waals surface area contributed by atoms with Crippen LogP contribution in [0, 0.1) is 17.2 Å². The van der Waals surface area contributed by atoms with Crippen molar-refractivity contribution in [2.24, 2.45) is 11.3 Å². The number of aromatic nitrogens is 1. The molecule has 1 aliphatic heterocycles. The van der Waals surface area contributed by atoms with Crippen molar-refractivity contribution < 1.29 is 13.9 Å². The van der Waals surface area contributed by atoms with Gasteiger partial charge < -0.3 is 15.4 Å². The molecule has 2 aromatic rings. The third-order valence-electron chi connectivity index (χ3n) is 5.28. The molecule has 132 valence electrons. The first-order valence-corrected chi connectivity index (χ1v) is 9.30. The molecule has 1 saturated carbocycles. The number of thiazole rings is 1. The van der Waals surface area contributed by atoms with Crippen LogP contribution in [0.3, 0.4) is 0 Å². The van der Waals surface area contributed by atoms with Crippen LogP contribution < -0.4 is 15.4 Å². The Bertz CT molecular complexity index is 801. The van der Waals surface area contributed by atoms with E-state index in [0.29, 0.717) is 22.1 Å². The van der Waals surface area contributed by atoms with Gasteiger partial charge in [0.05, 0.1) is 12.8 Å². The molecular formula is C18H20FN3O2S. The van der Waals surface area contributed by atoms with Crippen molar-refractivity contribution in [3.63, 3.8) is 0 Å². The van der Waals surface area contributed by atoms with E-state index in [1.54, 1.807) is 11.4 Å². The highest BCUT2D eigenvalue weighted by molar-refractivity contribution is 7.14. The minimum absolute atomic E-state index is 0.0500. The number of hydrogen-bond acceptors (Lipinski definition) is 5. The lowest BCUT2D eigenvalue weighted by Crippen LogP contribution is -2.31. The van der Waals surface area contributed by atoms with E-state index in [4.69, 9.17) is 4.74 Å². The summed E-state index contributed by atoms with van der Waals surface area (Å²) >= 11 is 1.34. The predicted octanol–water partition coefficient (Wildman–Crippen LogP) is 3.29. The quantitative estimate of drug-likeness (QED) is 0.877. The van der Waals surface area contributed by atoms with Gasteiger partial charge >= 0.3 is 0 Å². The number of carbonyl (C=O) groups is 1. The fourth-order valence-electron chi connectivity index (χ4n) is 3.72. The third-order valence-corrected chi connectivity index (χ3v) is 6.04. The van der Waals surface area contributed by atoms with Gasteiger partial charge in [0.2, 0.25) is 5.91 Å². The fourth-order valence-corrected chi connectivity index (χ4v) is 4.44. The Morgan fingerprint density at radius 1 is 1.44 bits per heavy atom. The summed E-state index contributed by atoms with van der Waals surface area (Å²) in [4.78, 5) is 17.0. The van der Waals surface area contributed by atoms with E-state index in [1.807, 2.05) is 0 Å². The molecule has 2 heterocycles. The zero-order valence-corrected chi connectivity index (χ0v) is 14.8. The maximum absolute atomic E-state index is 13.5. The van der Waals surface area contributed by atoms with E-state index in [9.17, 15) is 9.18 Å². The highest BCUT2D eigenvalue weighted by atomic mass is 32.1. The van der Waals surface area contributed by atoms with Crippen molar-refractivity contribution in [3.05, 3.63) is 29.4 Å². The zero-order valence-electron chi connectivity index (χ0n) is 14.0. The number of rotatable bonds is 4. The molecule has 0 radical (unpaired) electrons. The maximum Gasteiger partial charge on any atom is 0.229 e. The number of amides is 1. The van der Waals surface area contributed by atoms with Crippen molar-refractivity contribution in [3.8, 4) is 17.0 Å². The number of anilines is 1. The number of hydrogen-bond donors (Lipinski definition) is 2. The summed E-state index contributed by atoms with van der Waals surface area (Å²) in [6.07, 6.45) is 3.10. The topological polar surface area (TPSA) is 63.2 Å². The zero-order chi connectivity index (χ0) is 17.4. The van der Waals surface area contributed by atoms with E-state index < -0.39 is 0 Å². The van der Waals surface area contributed by atoms with Crippen LogP contribution in [0.25, 0.3) is 11.3 Å². The molecule has 2 fully saturated rings. The van der Waals surface area contributed by atoms with Crippen LogP contribution in [0.4, 0.5) is 9.52 Å². The van der Waals surface area contributed by atoms with E-state index in [2.05, 4.69) is 15.6 Å². The largest absolute Gasteiger partial charge is 0.496 e. The molecule has 1 atom stereocenters. The number of carbonyl (C=O) groups excluding carboxylic acids is 1. The predicted molar refractivity (Wildman–Crippen MR) is 95.3 cm³/mol. The Balaban J connectivity index is 1.47. The van der Waals surface area contributed by atoms with Crippen LogP contribution in [0.5, 0.6) is 5.75 Å². The van der Waals surface area contributed by atoms with Gasteiger partial charge in [0.15, 0.2) is 5.13 Å². The number of halogens is 1. The van der Waals surface area contributed by atoms with Gasteiger partial charge in [-0.25, -0.2) is 9.37 Å². The number of nitrogens with one attached hydrogen (secondary N) is 2. The monoisotopic (exact) mass is 361 g/mol. The van der Waals surface area contributed by atoms with Crippen LogP contribution in [0.2, 0.25) is 0 Å². The summed E-state index contributed by atoms with van der Waals surface area (Å²) in [5, 5.41) is 8.62. The number of methoxy groups -OCH3 is 1. The van der Waals surface area contributed by atoms with Gasteiger partial charge in [0.1, 0.15) is 11.6 Å².